The Morgan fingerprint density at radius 1 is 1.32 bits per heavy atom. The van der Waals surface area contributed by atoms with Crippen LogP contribution in [-0.4, -0.2) is 49.7 Å². The Balaban J connectivity index is 0.00000225. The van der Waals surface area contributed by atoms with Gasteiger partial charge in [0.1, 0.15) is 0 Å². The summed E-state index contributed by atoms with van der Waals surface area (Å²) in [7, 11) is 1.61. The lowest BCUT2D eigenvalue weighted by Crippen LogP contribution is -2.44. The van der Waals surface area contributed by atoms with E-state index in [0.717, 1.165) is 44.3 Å². The average Bonchev–Trinajstić information content (AvgIpc) is 2.86. The van der Waals surface area contributed by atoms with E-state index in [2.05, 4.69) is 11.9 Å². The molecule has 3 rings (SSSR count). The monoisotopic (exact) mass is 366 g/mol. The van der Waals surface area contributed by atoms with Gasteiger partial charge in [-0.15, -0.1) is 19.0 Å². The van der Waals surface area contributed by atoms with Gasteiger partial charge in [-0.3, -0.25) is 4.79 Å². The maximum absolute atomic E-state index is 12.7. The molecule has 138 valence electrons. The van der Waals surface area contributed by atoms with Crippen molar-refractivity contribution in [2.75, 3.05) is 26.8 Å². The molecule has 2 bridgehead atoms. The van der Waals surface area contributed by atoms with Gasteiger partial charge in [0.05, 0.1) is 7.11 Å². The van der Waals surface area contributed by atoms with E-state index in [4.69, 9.17) is 9.47 Å². The number of hydrogen-bond acceptors (Lipinski definition) is 4. The number of rotatable bonds is 6. The third kappa shape index (κ3) is 4.47. The van der Waals surface area contributed by atoms with E-state index in [9.17, 15) is 4.79 Å². The predicted molar refractivity (Wildman–Crippen MR) is 101 cm³/mol. The van der Waals surface area contributed by atoms with Gasteiger partial charge in [-0.1, -0.05) is 12.1 Å². The lowest BCUT2D eigenvalue weighted by Gasteiger charge is -2.28. The number of hydrogen-bond donors (Lipinski definition) is 1. The Hall–Kier alpha value is -1.72. The highest BCUT2D eigenvalue weighted by atomic mass is 35.5. The summed E-state index contributed by atoms with van der Waals surface area (Å²) in [5.41, 5.74) is 1.11. The number of amides is 1. The van der Waals surface area contributed by atoms with Gasteiger partial charge in [0.25, 0.3) is 5.91 Å². The van der Waals surface area contributed by atoms with Crippen molar-refractivity contribution in [2.45, 2.75) is 37.8 Å². The number of benzene rings is 1. The fraction of sp³-hybridized carbons (Fsp3) is 0.526. The molecule has 1 amide bonds. The van der Waals surface area contributed by atoms with E-state index in [-0.39, 0.29) is 24.9 Å². The summed E-state index contributed by atoms with van der Waals surface area (Å²) in [5.74, 6) is 1.34. The molecule has 2 heterocycles. The predicted octanol–water partition coefficient (Wildman–Crippen LogP) is 2.58. The first-order chi connectivity index (χ1) is 11.7. The third-order valence-electron chi connectivity index (χ3n) is 4.90. The number of nitrogens with one attached hydrogen (secondary N) is 1. The van der Waals surface area contributed by atoms with E-state index in [1.807, 2.05) is 29.2 Å². The molecule has 25 heavy (non-hydrogen) atoms. The van der Waals surface area contributed by atoms with Crippen LogP contribution in [0.2, 0.25) is 0 Å². The Bertz CT molecular complexity index is 594. The topological polar surface area (TPSA) is 50.8 Å². The fourth-order valence-corrected chi connectivity index (χ4v) is 3.73. The zero-order chi connectivity index (χ0) is 16.9. The van der Waals surface area contributed by atoms with Gasteiger partial charge in [0, 0.05) is 18.6 Å². The van der Waals surface area contributed by atoms with Crippen molar-refractivity contribution < 1.29 is 14.3 Å². The van der Waals surface area contributed by atoms with E-state index in [0.29, 0.717) is 23.6 Å². The second kappa shape index (κ2) is 9.11. The zero-order valence-corrected chi connectivity index (χ0v) is 15.5. The van der Waals surface area contributed by atoms with Gasteiger partial charge in [-0.2, -0.15) is 0 Å². The molecular formula is C19H27ClN2O3. The lowest BCUT2D eigenvalue weighted by molar-refractivity contribution is -0.136. The highest BCUT2D eigenvalue weighted by molar-refractivity contribution is 5.85. The van der Waals surface area contributed by atoms with E-state index < -0.39 is 0 Å². The summed E-state index contributed by atoms with van der Waals surface area (Å²) in [6.07, 6.45) is 5.85. The van der Waals surface area contributed by atoms with Gasteiger partial charge < -0.3 is 19.7 Å². The van der Waals surface area contributed by atoms with Crippen LogP contribution < -0.4 is 14.8 Å². The number of methoxy groups -OCH3 is 1. The summed E-state index contributed by atoms with van der Waals surface area (Å²) in [6, 6.07) is 6.44. The number of nitrogens with zero attached hydrogens (tertiary/aromatic N) is 1. The first-order valence-electron chi connectivity index (χ1n) is 8.65. The second-order valence-electron chi connectivity index (χ2n) is 6.45. The molecule has 0 aliphatic carbocycles. The summed E-state index contributed by atoms with van der Waals surface area (Å²) < 4.78 is 11.2. The number of carbonyl (C=O) groups is 1. The van der Waals surface area contributed by atoms with Crippen molar-refractivity contribution in [3.05, 3.63) is 36.4 Å². The molecule has 2 aliphatic heterocycles. The van der Waals surface area contributed by atoms with Crippen LogP contribution in [0.4, 0.5) is 0 Å². The molecule has 5 nitrogen and oxygen atoms in total. The van der Waals surface area contributed by atoms with E-state index >= 15 is 0 Å². The summed E-state index contributed by atoms with van der Waals surface area (Å²) >= 11 is 0. The van der Waals surface area contributed by atoms with Crippen molar-refractivity contribution in [1.29, 1.82) is 0 Å². The van der Waals surface area contributed by atoms with Crippen LogP contribution in [0.3, 0.4) is 0 Å². The number of halogens is 1. The van der Waals surface area contributed by atoms with Gasteiger partial charge in [-0.25, -0.2) is 0 Å². The van der Waals surface area contributed by atoms with Crippen LogP contribution in [-0.2, 0) is 11.2 Å². The van der Waals surface area contributed by atoms with Crippen LogP contribution in [0.25, 0.3) is 0 Å². The summed E-state index contributed by atoms with van der Waals surface area (Å²) in [4.78, 5) is 14.7. The van der Waals surface area contributed by atoms with Crippen LogP contribution >= 0.6 is 12.4 Å². The van der Waals surface area contributed by atoms with Crippen LogP contribution in [0, 0.1) is 0 Å². The summed E-state index contributed by atoms with van der Waals surface area (Å²) in [5, 5.41) is 3.41. The zero-order valence-electron chi connectivity index (χ0n) is 14.7. The number of fused-ring (bicyclic) bond motifs is 2. The Labute approximate surface area is 155 Å². The normalized spacial score (nSPS) is 21.9. The Morgan fingerprint density at radius 3 is 2.88 bits per heavy atom. The maximum atomic E-state index is 12.7. The minimum atomic E-state index is 0. The number of carbonyl (C=O) groups excluding carboxylic acids is 1. The molecule has 1 aromatic rings. The van der Waals surface area contributed by atoms with Crippen molar-refractivity contribution in [1.82, 2.24) is 10.2 Å². The molecule has 2 aliphatic rings. The molecule has 0 radical (unpaired) electrons. The first kappa shape index (κ1) is 19.6. The van der Waals surface area contributed by atoms with Gasteiger partial charge in [0.2, 0.25) is 0 Å². The molecule has 1 aromatic carbocycles. The van der Waals surface area contributed by atoms with E-state index in [1.165, 1.54) is 0 Å². The van der Waals surface area contributed by atoms with Crippen LogP contribution in [0.5, 0.6) is 11.5 Å². The van der Waals surface area contributed by atoms with Gasteiger partial charge in [-0.05, 0) is 49.9 Å². The molecule has 0 spiro atoms. The standard InChI is InChI=1S/C19H26N2O3.ClH/c1-3-4-14-5-8-17(18(11-14)23-2)24-13-19(22)21-15-6-7-16(21)12-20-10-9-15;/h3,5,8,11,15-16,20H,1,4,6-7,9-10,12-13H2,2H3;1H. The number of ether oxygens (including phenoxy) is 2. The Kier molecular flexibility index (Phi) is 7.14. The molecule has 0 aromatic heterocycles. The Morgan fingerprint density at radius 2 is 2.12 bits per heavy atom. The highest BCUT2D eigenvalue weighted by Crippen LogP contribution is 2.30. The average molecular weight is 367 g/mol. The minimum Gasteiger partial charge on any atom is -0.493 e. The quantitative estimate of drug-likeness (QED) is 0.786. The molecule has 1 N–H and O–H groups in total. The van der Waals surface area contributed by atoms with Gasteiger partial charge in [0.15, 0.2) is 18.1 Å². The molecule has 2 fully saturated rings. The first-order valence-corrected chi connectivity index (χ1v) is 8.65. The minimum absolute atomic E-state index is 0. The SMILES string of the molecule is C=CCc1ccc(OCC(=O)N2C3CCNCC2CC3)c(OC)c1.Cl. The van der Waals surface area contributed by atoms with Crippen molar-refractivity contribution in [3.63, 3.8) is 0 Å². The molecule has 0 saturated carbocycles. The smallest absolute Gasteiger partial charge is 0.261 e. The largest absolute Gasteiger partial charge is 0.493 e. The molecule has 2 unspecified atom stereocenters. The van der Waals surface area contributed by atoms with E-state index in [1.54, 1.807) is 7.11 Å². The second-order valence-corrected chi connectivity index (χ2v) is 6.45. The van der Waals surface area contributed by atoms with Crippen molar-refractivity contribution in [3.8, 4) is 11.5 Å². The maximum Gasteiger partial charge on any atom is 0.261 e. The molecule has 2 atom stereocenters. The lowest BCUT2D eigenvalue weighted by atomic mass is 10.1. The van der Waals surface area contributed by atoms with Crippen LogP contribution in [0.15, 0.2) is 30.9 Å². The molecular weight excluding hydrogens is 340 g/mol. The number of allylic oxidation sites excluding steroid dienone is 1. The third-order valence-corrected chi connectivity index (χ3v) is 4.90. The highest BCUT2D eigenvalue weighted by Gasteiger charge is 2.37. The van der Waals surface area contributed by atoms with Crippen molar-refractivity contribution in [2.24, 2.45) is 0 Å². The molecule has 6 heteroatoms. The summed E-state index contributed by atoms with van der Waals surface area (Å²) in [6.45, 7) is 5.69. The fourth-order valence-electron chi connectivity index (χ4n) is 3.73. The van der Waals surface area contributed by atoms with Gasteiger partial charge >= 0.3 is 0 Å². The molecule has 2 saturated heterocycles. The van der Waals surface area contributed by atoms with Crippen LogP contribution in [0.1, 0.15) is 24.8 Å². The van der Waals surface area contributed by atoms with Crippen molar-refractivity contribution >= 4 is 18.3 Å².